The number of carbonyl (C=O) groups excluding carboxylic acids is 4. The number of cyclic esters (lactones) is 4. The Morgan fingerprint density at radius 1 is 0.600 bits per heavy atom. The van der Waals surface area contributed by atoms with Crippen molar-refractivity contribution < 1.29 is 28.7 Å². The van der Waals surface area contributed by atoms with E-state index in [4.69, 9.17) is 9.47 Å². The molecule has 7 heteroatoms. The summed E-state index contributed by atoms with van der Waals surface area (Å²) in [5.41, 5.74) is 0. The second kappa shape index (κ2) is 4.67. The molecule has 10 atom stereocenters. The molecule has 6 aliphatic rings. The summed E-state index contributed by atoms with van der Waals surface area (Å²) in [6.45, 7) is 0. The van der Waals surface area contributed by atoms with Crippen molar-refractivity contribution in [2.75, 3.05) is 0 Å². The molecule has 0 aromatic carbocycles. The van der Waals surface area contributed by atoms with Crippen LogP contribution in [0.15, 0.2) is 0 Å². The summed E-state index contributed by atoms with van der Waals surface area (Å²) in [6, 6.07) is 0. The molecule has 0 aromatic rings. The van der Waals surface area contributed by atoms with Crippen LogP contribution >= 0.6 is 11.8 Å². The molecule has 6 fully saturated rings. The van der Waals surface area contributed by atoms with Gasteiger partial charge in [0.1, 0.15) is 0 Å². The second-order valence-electron chi connectivity index (χ2n) is 8.59. The molecule has 25 heavy (non-hydrogen) atoms. The van der Waals surface area contributed by atoms with E-state index < -0.39 is 0 Å². The predicted octanol–water partition coefficient (Wildman–Crippen LogP) is 1.17. The zero-order chi connectivity index (χ0) is 17.0. The Labute approximate surface area is 148 Å². The minimum atomic E-state index is -0.328. The monoisotopic (exact) mass is 362 g/mol. The van der Waals surface area contributed by atoms with Crippen LogP contribution in [0.25, 0.3) is 0 Å². The summed E-state index contributed by atoms with van der Waals surface area (Å²) in [7, 11) is 0. The van der Waals surface area contributed by atoms with Crippen LogP contribution in [0, 0.1) is 47.3 Å². The van der Waals surface area contributed by atoms with Crippen LogP contribution in [-0.4, -0.2) is 34.4 Å². The van der Waals surface area contributed by atoms with Gasteiger partial charge in [0, 0.05) is 10.5 Å². The molecule has 132 valence electrons. The van der Waals surface area contributed by atoms with E-state index in [1.807, 2.05) is 11.8 Å². The quantitative estimate of drug-likeness (QED) is 0.538. The number of hydrogen-bond donors (Lipinski definition) is 0. The van der Waals surface area contributed by atoms with Crippen molar-refractivity contribution in [2.24, 2.45) is 47.3 Å². The molecular weight excluding hydrogens is 344 g/mol. The lowest BCUT2D eigenvalue weighted by molar-refractivity contribution is -0.156. The van der Waals surface area contributed by atoms with Gasteiger partial charge in [-0.05, 0) is 49.4 Å². The van der Waals surface area contributed by atoms with Gasteiger partial charge in [-0.25, -0.2) is 0 Å². The average Bonchev–Trinajstić information content (AvgIpc) is 3.33. The molecule has 4 saturated carbocycles. The highest BCUT2D eigenvalue weighted by Gasteiger charge is 2.66. The number of carbonyl (C=O) groups is 4. The normalized spacial score (nSPS) is 54.9. The summed E-state index contributed by atoms with van der Waals surface area (Å²) >= 11 is 1.91. The van der Waals surface area contributed by atoms with Crippen molar-refractivity contribution in [3.05, 3.63) is 0 Å². The fraction of sp³-hybridized carbons (Fsp3) is 0.778. The zero-order valence-electron chi connectivity index (χ0n) is 13.5. The van der Waals surface area contributed by atoms with Crippen molar-refractivity contribution >= 4 is 35.6 Å². The average molecular weight is 362 g/mol. The van der Waals surface area contributed by atoms with Gasteiger partial charge in [0.05, 0.1) is 23.7 Å². The van der Waals surface area contributed by atoms with Crippen LogP contribution < -0.4 is 0 Å². The number of esters is 4. The van der Waals surface area contributed by atoms with E-state index in [-0.39, 0.29) is 71.2 Å². The number of ether oxygens (including phenoxy) is 2. The molecule has 4 aliphatic carbocycles. The van der Waals surface area contributed by atoms with Crippen molar-refractivity contribution in [3.8, 4) is 0 Å². The van der Waals surface area contributed by atoms with Crippen LogP contribution in [-0.2, 0) is 28.7 Å². The molecule has 4 bridgehead atoms. The van der Waals surface area contributed by atoms with Crippen LogP contribution in [0.3, 0.4) is 0 Å². The third kappa shape index (κ3) is 1.73. The molecule has 0 N–H and O–H groups in total. The maximum absolute atomic E-state index is 12.0. The van der Waals surface area contributed by atoms with Gasteiger partial charge in [-0.3, -0.25) is 19.2 Å². The van der Waals surface area contributed by atoms with E-state index in [0.29, 0.717) is 10.5 Å². The summed E-state index contributed by atoms with van der Waals surface area (Å²) < 4.78 is 9.75. The van der Waals surface area contributed by atoms with Gasteiger partial charge in [-0.2, -0.15) is 11.8 Å². The van der Waals surface area contributed by atoms with E-state index >= 15 is 0 Å². The molecule has 0 amide bonds. The van der Waals surface area contributed by atoms with E-state index in [9.17, 15) is 19.2 Å². The number of fused-ring (bicyclic) bond motifs is 10. The Bertz CT molecular complexity index is 673. The van der Waals surface area contributed by atoms with Gasteiger partial charge in [-0.1, -0.05) is 0 Å². The van der Waals surface area contributed by atoms with Crippen LogP contribution in [0.1, 0.15) is 25.7 Å². The topological polar surface area (TPSA) is 86.7 Å². The number of hydrogen-bond acceptors (Lipinski definition) is 7. The zero-order valence-corrected chi connectivity index (χ0v) is 14.3. The lowest BCUT2D eigenvalue weighted by atomic mass is 9.80. The summed E-state index contributed by atoms with van der Waals surface area (Å²) in [6.07, 6.45) is 3.82. The molecule has 0 spiro atoms. The highest BCUT2D eigenvalue weighted by Crippen LogP contribution is 2.63. The predicted molar refractivity (Wildman–Crippen MR) is 83.8 cm³/mol. The van der Waals surface area contributed by atoms with Gasteiger partial charge >= 0.3 is 23.9 Å². The van der Waals surface area contributed by atoms with E-state index in [1.165, 1.54) is 0 Å². The maximum atomic E-state index is 12.0. The highest BCUT2D eigenvalue weighted by atomic mass is 32.2. The summed E-state index contributed by atoms with van der Waals surface area (Å²) in [5, 5.41) is 0.723. The first-order valence-electron chi connectivity index (χ1n) is 9.19. The lowest BCUT2D eigenvalue weighted by Gasteiger charge is -2.33. The van der Waals surface area contributed by atoms with Gasteiger partial charge < -0.3 is 9.47 Å². The molecule has 0 radical (unpaired) electrons. The Kier molecular flexibility index (Phi) is 2.76. The minimum Gasteiger partial charge on any atom is -0.393 e. The van der Waals surface area contributed by atoms with Crippen molar-refractivity contribution in [1.82, 2.24) is 0 Å². The molecule has 6 nitrogen and oxygen atoms in total. The Morgan fingerprint density at radius 3 is 1.44 bits per heavy atom. The van der Waals surface area contributed by atoms with Gasteiger partial charge in [-0.15, -0.1) is 0 Å². The lowest BCUT2D eigenvalue weighted by Crippen LogP contribution is -2.36. The largest absolute Gasteiger partial charge is 0.393 e. The van der Waals surface area contributed by atoms with Crippen LogP contribution in [0.5, 0.6) is 0 Å². The fourth-order valence-electron chi connectivity index (χ4n) is 6.93. The highest BCUT2D eigenvalue weighted by molar-refractivity contribution is 8.00. The first-order chi connectivity index (χ1) is 12.0. The summed E-state index contributed by atoms with van der Waals surface area (Å²) in [5.74, 6) is -1.19. The van der Waals surface area contributed by atoms with E-state index in [0.717, 1.165) is 25.7 Å². The van der Waals surface area contributed by atoms with Gasteiger partial charge in [0.2, 0.25) is 0 Å². The molecule has 10 unspecified atom stereocenters. The Morgan fingerprint density at radius 2 is 1.00 bits per heavy atom. The Hall–Kier alpha value is -1.37. The maximum Gasteiger partial charge on any atom is 0.317 e. The van der Waals surface area contributed by atoms with Crippen molar-refractivity contribution in [1.29, 1.82) is 0 Å². The van der Waals surface area contributed by atoms with Gasteiger partial charge in [0.25, 0.3) is 0 Å². The van der Waals surface area contributed by atoms with Crippen molar-refractivity contribution in [2.45, 2.75) is 36.2 Å². The third-order valence-corrected chi connectivity index (χ3v) is 9.51. The molecule has 0 aromatic heterocycles. The molecular formula is C18H18O6S. The Balaban J connectivity index is 1.21. The molecule has 2 aliphatic heterocycles. The molecule has 2 saturated heterocycles. The van der Waals surface area contributed by atoms with E-state index in [2.05, 4.69) is 0 Å². The van der Waals surface area contributed by atoms with E-state index in [1.54, 1.807) is 0 Å². The smallest absolute Gasteiger partial charge is 0.317 e. The number of thioether (sulfide) groups is 1. The SMILES string of the molecule is O=C1OC(=O)C2C3CC(CC3SC3CC4CC3C3C(=O)OC(=O)C43)C12. The third-order valence-electron chi connectivity index (χ3n) is 7.73. The first-order valence-corrected chi connectivity index (χ1v) is 10.1. The number of rotatable bonds is 2. The standard InChI is InChI=1S/C18H18O6S/c19-15-11-5-1-7(13(11)17(21)23-15)9(3-5)25-10-4-6-2-8(10)14-12(6)16(20)24-18(14)22/h5-14H,1-4H2. The fourth-order valence-corrected chi connectivity index (χ4v) is 9.06. The van der Waals surface area contributed by atoms with Crippen LogP contribution in [0.4, 0.5) is 0 Å². The first kappa shape index (κ1) is 14.8. The van der Waals surface area contributed by atoms with Gasteiger partial charge in [0.15, 0.2) is 0 Å². The van der Waals surface area contributed by atoms with Crippen LogP contribution in [0.2, 0.25) is 0 Å². The van der Waals surface area contributed by atoms with Crippen molar-refractivity contribution in [3.63, 3.8) is 0 Å². The molecule has 6 rings (SSSR count). The minimum absolute atomic E-state index is 0.207. The molecule has 2 heterocycles. The summed E-state index contributed by atoms with van der Waals surface area (Å²) in [4.78, 5) is 47.8. The second-order valence-corrected chi connectivity index (χ2v) is 10.1.